The molecule has 1 atom stereocenters. The third kappa shape index (κ3) is 3.51. The lowest BCUT2D eigenvalue weighted by Gasteiger charge is -2.41. The van der Waals surface area contributed by atoms with E-state index in [1.165, 1.54) is 5.56 Å². The van der Waals surface area contributed by atoms with Crippen LogP contribution in [0.25, 0.3) is 0 Å². The molecule has 2 heterocycles. The molecule has 2 fully saturated rings. The Balaban J connectivity index is 1.33. The Kier molecular flexibility index (Phi) is 4.76. The Labute approximate surface area is 152 Å². The molecule has 1 N–H and O–H groups in total. The van der Waals surface area contributed by atoms with Crippen molar-refractivity contribution in [2.24, 2.45) is 7.05 Å². The van der Waals surface area contributed by atoms with Crippen LogP contribution in [-0.2, 0) is 7.05 Å². The number of nitrogens with zero attached hydrogens (tertiary/aromatic N) is 3. The molecule has 138 valence electrons. The van der Waals surface area contributed by atoms with Crippen LogP contribution in [0.2, 0.25) is 0 Å². The number of nitrogens with one attached hydrogen (secondary N) is 1. The first-order chi connectivity index (χ1) is 12.6. The highest BCUT2D eigenvalue weighted by Crippen LogP contribution is 2.37. The van der Waals surface area contributed by atoms with Crippen LogP contribution in [0.5, 0.6) is 0 Å². The van der Waals surface area contributed by atoms with E-state index >= 15 is 0 Å². The summed E-state index contributed by atoms with van der Waals surface area (Å²) in [7, 11) is 1.76. The predicted octanol–water partition coefficient (Wildman–Crippen LogP) is 2.42. The van der Waals surface area contributed by atoms with Crippen LogP contribution in [0.4, 0.5) is 10.2 Å². The molecule has 0 amide bonds. The summed E-state index contributed by atoms with van der Waals surface area (Å²) in [5, 5.41) is 3.75. The zero-order valence-electron chi connectivity index (χ0n) is 15.1. The van der Waals surface area contributed by atoms with Gasteiger partial charge < -0.3 is 14.8 Å². The van der Waals surface area contributed by atoms with Gasteiger partial charge in [0.25, 0.3) is 5.56 Å². The normalized spacial score (nSPS) is 25.8. The maximum absolute atomic E-state index is 13.0. The first kappa shape index (κ1) is 17.2. The number of anilines is 1. The highest BCUT2D eigenvalue weighted by atomic mass is 19.1. The third-order valence-corrected chi connectivity index (χ3v) is 5.67. The lowest BCUT2D eigenvalue weighted by atomic mass is 9.75. The first-order valence-corrected chi connectivity index (χ1v) is 9.38. The Bertz CT molecular complexity index is 813. The van der Waals surface area contributed by atoms with Crippen LogP contribution < -0.4 is 15.8 Å². The van der Waals surface area contributed by atoms with Crippen LogP contribution in [0, 0.1) is 5.82 Å². The van der Waals surface area contributed by atoms with Crippen molar-refractivity contribution < 1.29 is 4.39 Å². The average molecular weight is 356 g/mol. The molecule has 4 rings (SSSR count). The van der Waals surface area contributed by atoms with Crippen molar-refractivity contribution in [3.05, 3.63) is 58.4 Å². The van der Waals surface area contributed by atoms with Crippen molar-refractivity contribution in [1.82, 2.24) is 14.9 Å². The molecule has 2 aliphatic rings. The van der Waals surface area contributed by atoms with E-state index in [2.05, 4.69) is 15.2 Å². The van der Waals surface area contributed by atoms with Crippen LogP contribution in [0.15, 0.2) is 41.5 Å². The van der Waals surface area contributed by atoms with Crippen molar-refractivity contribution in [2.45, 2.75) is 43.7 Å². The quantitative estimate of drug-likeness (QED) is 0.914. The zero-order valence-corrected chi connectivity index (χ0v) is 15.1. The molecule has 0 bridgehead atoms. The van der Waals surface area contributed by atoms with Gasteiger partial charge in [-0.15, -0.1) is 0 Å². The summed E-state index contributed by atoms with van der Waals surface area (Å²) in [6.45, 7) is 1.71. The van der Waals surface area contributed by atoms with Gasteiger partial charge in [-0.25, -0.2) is 9.37 Å². The van der Waals surface area contributed by atoms with Gasteiger partial charge in [-0.05, 0) is 49.3 Å². The van der Waals surface area contributed by atoms with E-state index in [0.717, 1.165) is 38.8 Å². The Morgan fingerprint density at radius 2 is 1.96 bits per heavy atom. The van der Waals surface area contributed by atoms with E-state index in [9.17, 15) is 9.18 Å². The van der Waals surface area contributed by atoms with E-state index in [1.54, 1.807) is 36.1 Å². The SMILES string of the molecule is Cn1ccnc(N2CCC[C@H](NC3CC(c4ccc(F)cc4)C3)C2)c1=O. The molecule has 1 aliphatic heterocycles. The predicted molar refractivity (Wildman–Crippen MR) is 100 cm³/mol. The van der Waals surface area contributed by atoms with Gasteiger partial charge in [0.05, 0.1) is 0 Å². The average Bonchev–Trinajstić information content (AvgIpc) is 2.61. The molecular formula is C20H25FN4O. The van der Waals surface area contributed by atoms with Gasteiger partial charge in [-0.1, -0.05) is 12.1 Å². The van der Waals surface area contributed by atoms with Crippen molar-refractivity contribution in [3.8, 4) is 0 Å². The second kappa shape index (κ2) is 7.19. The van der Waals surface area contributed by atoms with E-state index < -0.39 is 0 Å². The first-order valence-electron chi connectivity index (χ1n) is 9.38. The smallest absolute Gasteiger partial charge is 0.293 e. The number of rotatable bonds is 4. The van der Waals surface area contributed by atoms with E-state index in [0.29, 0.717) is 23.8 Å². The summed E-state index contributed by atoms with van der Waals surface area (Å²) in [6.07, 6.45) is 7.75. The van der Waals surface area contributed by atoms with E-state index in [1.807, 2.05) is 12.1 Å². The molecular weight excluding hydrogens is 331 g/mol. The van der Waals surface area contributed by atoms with Gasteiger partial charge in [0.2, 0.25) is 0 Å². The van der Waals surface area contributed by atoms with Gasteiger partial charge in [0.15, 0.2) is 5.82 Å². The standard InChI is InChI=1S/C20H25FN4O/c1-24-10-8-22-19(20(24)26)25-9-2-3-17(13-25)23-18-11-15(12-18)14-4-6-16(21)7-5-14/h4-8,10,15,17-18,23H,2-3,9,11-13H2,1H3/t15?,17-,18?/m0/s1. The summed E-state index contributed by atoms with van der Waals surface area (Å²) in [5.74, 6) is 0.904. The van der Waals surface area contributed by atoms with Gasteiger partial charge in [0, 0.05) is 44.6 Å². The highest BCUT2D eigenvalue weighted by molar-refractivity contribution is 5.36. The molecule has 1 aromatic carbocycles. The molecule has 1 aliphatic carbocycles. The fourth-order valence-corrected chi connectivity index (χ4v) is 4.10. The summed E-state index contributed by atoms with van der Waals surface area (Å²) in [4.78, 5) is 18.7. The molecule has 0 unspecified atom stereocenters. The van der Waals surface area contributed by atoms with Gasteiger partial charge >= 0.3 is 0 Å². The summed E-state index contributed by atoms with van der Waals surface area (Å²) in [6, 6.07) is 7.77. The monoisotopic (exact) mass is 356 g/mol. The third-order valence-electron chi connectivity index (χ3n) is 5.67. The number of hydrogen-bond acceptors (Lipinski definition) is 4. The van der Waals surface area contributed by atoms with Crippen LogP contribution in [-0.4, -0.2) is 34.7 Å². The molecule has 1 saturated heterocycles. The number of aryl methyl sites for hydroxylation is 1. The second-order valence-corrected chi connectivity index (χ2v) is 7.54. The minimum absolute atomic E-state index is 0.0341. The Morgan fingerprint density at radius 3 is 2.73 bits per heavy atom. The zero-order chi connectivity index (χ0) is 18.1. The summed E-state index contributed by atoms with van der Waals surface area (Å²) >= 11 is 0. The molecule has 1 aromatic heterocycles. The maximum atomic E-state index is 13.0. The van der Waals surface area contributed by atoms with Crippen molar-refractivity contribution >= 4 is 5.82 Å². The van der Waals surface area contributed by atoms with E-state index in [4.69, 9.17) is 0 Å². The molecule has 0 spiro atoms. The van der Waals surface area contributed by atoms with Gasteiger partial charge in [0.1, 0.15) is 5.82 Å². The summed E-state index contributed by atoms with van der Waals surface area (Å²) in [5.41, 5.74) is 1.19. The number of piperidine rings is 1. The fraction of sp³-hybridized carbons (Fsp3) is 0.500. The molecule has 2 aromatic rings. The van der Waals surface area contributed by atoms with Gasteiger partial charge in [-0.2, -0.15) is 0 Å². The minimum Gasteiger partial charge on any atom is -0.350 e. The van der Waals surface area contributed by atoms with Crippen molar-refractivity contribution in [1.29, 1.82) is 0 Å². The fourth-order valence-electron chi connectivity index (χ4n) is 4.10. The molecule has 6 heteroatoms. The lowest BCUT2D eigenvalue weighted by molar-refractivity contribution is 0.251. The van der Waals surface area contributed by atoms with Gasteiger partial charge in [-0.3, -0.25) is 4.79 Å². The number of halogens is 1. The summed E-state index contributed by atoms with van der Waals surface area (Å²) < 4.78 is 14.6. The molecule has 0 radical (unpaired) electrons. The minimum atomic E-state index is -0.175. The lowest BCUT2D eigenvalue weighted by Crippen LogP contribution is -2.53. The van der Waals surface area contributed by atoms with Crippen molar-refractivity contribution in [2.75, 3.05) is 18.0 Å². The number of aromatic nitrogens is 2. The van der Waals surface area contributed by atoms with E-state index in [-0.39, 0.29) is 11.4 Å². The number of hydrogen-bond donors (Lipinski definition) is 1. The van der Waals surface area contributed by atoms with Crippen LogP contribution in [0.1, 0.15) is 37.2 Å². The topological polar surface area (TPSA) is 50.2 Å². The molecule has 5 nitrogen and oxygen atoms in total. The number of benzene rings is 1. The van der Waals surface area contributed by atoms with Crippen molar-refractivity contribution in [3.63, 3.8) is 0 Å². The van der Waals surface area contributed by atoms with Crippen LogP contribution in [0.3, 0.4) is 0 Å². The Hall–Kier alpha value is -2.21. The largest absolute Gasteiger partial charge is 0.350 e. The maximum Gasteiger partial charge on any atom is 0.293 e. The Morgan fingerprint density at radius 1 is 1.19 bits per heavy atom. The highest BCUT2D eigenvalue weighted by Gasteiger charge is 2.33. The molecule has 1 saturated carbocycles. The van der Waals surface area contributed by atoms with Crippen LogP contribution >= 0.6 is 0 Å². The molecule has 26 heavy (non-hydrogen) atoms. The second-order valence-electron chi connectivity index (χ2n) is 7.54.